The highest BCUT2D eigenvalue weighted by molar-refractivity contribution is 14.1. The summed E-state index contributed by atoms with van der Waals surface area (Å²) in [5.41, 5.74) is 1.01. The third-order valence-electron chi connectivity index (χ3n) is 2.42. The van der Waals surface area contributed by atoms with Crippen LogP contribution in [0.25, 0.3) is 0 Å². The smallest absolute Gasteiger partial charge is 0.258 e. The van der Waals surface area contributed by atoms with Crippen molar-refractivity contribution in [3.05, 3.63) is 57.9 Å². The van der Waals surface area contributed by atoms with E-state index in [-0.39, 0.29) is 12.5 Å². The summed E-state index contributed by atoms with van der Waals surface area (Å²) >= 11 is 2.22. The van der Waals surface area contributed by atoms with Gasteiger partial charge in [-0.1, -0.05) is 0 Å². The van der Waals surface area contributed by atoms with Crippen LogP contribution in [0, 0.1) is 3.57 Å². The van der Waals surface area contributed by atoms with E-state index in [4.69, 9.17) is 4.74 Å². The highest BCUT2D eigenvalue weighted by Gasteiger charge is 2.02. The molecule has 0 spiro atoms. The molecule has 0 aliphatic carbocycles. The van der Waals surface area contributed by atoms with Crippen LogP contribution in [0.5, 0.6) is 5.75 Å². The highest BCUT2D eigenvalue weighted by atomic mass is 127. The summed E-state index contributed by atoms with van der Waals surface area (Å²) in [4.78, 5) is 15.5. The van der Waals surface area contributed by atoms with Crippen molar-refractivity contribution in [1.82, 2.24) is 10.3 Å². The third-order valence-corrected chi connectivity index (χ3v) is 3.14. The minimum Gasteiger partial charge on any atom is -0.484 e. The number of ether oxygens (including phenoxy) is 1. The lowest BCUT2D eigenvalue weighted by Crippen LogP contribution is -2.28. The number of carbonyl (C=O) groups excluding carboxylic acids is 1. The first kappa shape index (κ1) is 13.8. The average Bonchev–Trinajstić information content (AvgIpc) is 2.45. The van der Waals surface area contributed by atoms with E-state index in [0.717, 1.165) is 9.13 Å². The Kier molecular flexibility index (Phi) is 5.14. The van der Waals surface area contributed by atoms with Crippen LogP contribution in [0.15, 0.2) is 48.8 Å². The molecular formula is C14H13IN2O2. The molecule has 2 rings (SSSR count). The van der Waals surface area contributed by atoms with Gasteiger partial charge in [0.25, 0.3) is 5.91 Å². The zero-order valence-corrected chi connectivity index (χ0v) is 12.3. The number of hydrogen-bond acceptors (Lipinski definition) is 3. The number of halogens is 1. The molecule has 1 N–H and O–H groups in total. The summed E-state index contributed by atoms with van der Waals surface area (Å²) in [5, 5.41) is 2.79. The third kappa shape index (κ3) is 4.86. The maximum atomic E-state index is 11.6. The van der Waals surface area contributed by atoms with Gasteiger partial charge < -0.3 is 10.1 Å². The molecule has 1 amide bonds. The quantitative estimate of drug-likeness (QED) is 0.825. The molecule has 2 aromatic rings. The van der Waals surface area contributed by atoms with Crippen LogP contribution in [-0.4, -0.2) is 17.5 Å². The van der Waals surface area contributed by atoms with Crippen molar-refractivity contribution in [2.45, 2.75) is 6.54 Å². The predicted molar refractivity (Wildman–Crippen MR) is 80.7 cm³/mol. The minimum atomic E-state index is -0.143. The number of carbonyl (C=O) groups is 1. The molecule has 1 aromatic carbocycles. The summed E-state index contributed by atoms with van der Waals surface area (Å²) in [6.45, 7) is 0.503. The second-order valence-corrected chi connectivity index (χ2v) is 5.12. The topological polar surface area (TPSA) is 51.2 Å². The number of nitrogens with zero attached hydrogens (tertiary/aromatic N) is 1. The number of amides is 1. The SMILES string of the molecule is O=C(COc1ccc(I)cc1)NCc1ccncc1. The van der Waals surface area contributed by atoms with Gasteiger partial charge in [-0.3, -0.25) is 9.78 Å². The van der Waals surface area contributed by atoms with Gasteiger partial charge in [-0.05, 0) is 64.6 Å². The van der Waals surface area contributed by atoms with Crippen LogP contribution in [-0.2, 0) is 11.3 Å². The Hall–Kier alpha value is -1.63. The van der Waals surface area contributed by atoms with Crippen molar-refractivity contribution < 1.29 is 9.53 Å². The number of benzene rings is 1. The van der Waals surface area contributed by atoms with E-state index in [0.29, 0.717) is 12.3 Å². The number of pyridine rings is 1. The maximum absolute atomic E-state index is 11.6. The maximum Gasteiger partial charge on any atom is 0.258 e. The predicted octanol–water partition coefficient (Wildman–Crippen LogP) is 2.38. The van der Waals surface area contributed by atoms with Crippen LogP contribution >= 0.6 is 22.6 Å². The van der Waals surface area contributed by atoms with Gasteiger partial charge in [-0.15, -0.1) is 0 Å². The Labute approximate surface area is 125 Å². The van der Waals surface area contributed by atoms with Crippen molar-refractivity contribution in [3.8, 4) is 5.75 Å². The van der Waals surface area contributed by atoms with E-state index in [9.17, 15) is 4.79 Å². The van der Waals surface area contributed by atoms with Gasteiger partial charge in [-0.25, -0.2) is 0 Å². The van der Waals surface area contributed by atoms with Crippen molar-refractivity contribution in [1.29, 1.82) is 0 Å². The fourth-order valence-corrected chi connectivity index (χ4v) is 1.79. The molecule has 0 aliphatic heterocycles. The number of hydrogen-bond donors (Lipinski definition) is 1. The molecule has 4 nitrogen and oxygen atoms in total. The Morgan fingerprint density at radius 1 is 1.16 bits per heavy atom. The molecule has 1 heterocycles. The fraction of sp³-hybridized carbons (Fsp3) is 0.143. The van der Waals surface area contributed by atoms with Crippen LogP contribution in [0.3, 0.4) is 0 Å². The van der Waals surface area contributed by atoms with Crippen LogP contribution in [0.1, 0.15) is 5.56 Å². The summed E-state index contributed by atoms with van der Waals surface area (Å²) in [5.74, 6) is 0.551. The lowest BCUT2D eigenvalue weighted by atomic mass is 10.3. The van der Waals surface area contributed by atoms with Gasteiger partial charge in [0.2, 0.25) is 0 Å². The fourth-order valence-electron chi connectivity index (χ4n) is 1.43. The van der Waals surface area contributed by atoms with E-state index in [1.807, 2.05) is 36.4 Å². The molecule has 0 unspecified atom stereocenters. The molecule has 0 fully saturated rings. The Morgan fingerprint density at radius 2 is 1.84 bits per heavy atom. The zero-order valence-electron chi connectivity index (χ0n) is 10.2. The van der Waals surface area contributed by atoms with E-state index < -0.39 is 0 Å². The first-order chi connectivity index (χ1) is 9.24. The van der Waals surface area contributed by atoms with E-state index in [1.54, 1.807) is 12.4 Å². The second-order valence-electron chi connectivity index (χ2n) is 3.87. The van der Waals surface area contributed by atoms with Gasteiger partial charge >= 0.3 is 0 Å². The standard InChI is InChI=1S/C14H13IN2O2/c15-12-1-3-13(4-2-12)19-10-14(18)17-9-11-5-7-16-8-6-11/h1-8H,9-10H2,(H,17,18). The van der Waals surface area contributed by atoms with Crippen molar-refractivity contribution in [2.75, 3.05) is 6.61 Å². The number of nitrogens with one attached hydrogen (secondary N) is 1. The molecule has 0 aliphatic rings. The van der Waals surface area contributed by atoms with Gasteiger partial charge in [0.15, 0.2) is 6.61 Å². The first-order valence-electron chi connectivity index (χ1n) is 5.78. The van der Waals surface area contributed by atoms with Crippen molar-refractivity contribution >= 4 is 28.5 Å². The van der Waals surface area contributed by atoms with Gasteiger partial charge in [0.05, 0.1) is 0 Å². The zero-order chi connectivity index (χ0) is 13.5. The van der Waals surface area contributed by atoms with E-state index >= 15 is 0 Å². The molecular weight excluding hydrogens is 355 g/mol. The molecule has 0 radical (unpaired) electrons. The minimum absolute atomic E-state index is 0.0195. The first-order valence-corrected chi connectivity index (χ1v) is 6.86. The van der Waals surface area contributed by atoms with E-state index in [2.05, 4.69) is 32.9 Å². The normalized spacial score (nSPS) is 9.95. The number of aromatic nitrogens is 1. The van der Waals surface area contributed by atoms with Crippen molar-refractivity contribution in [2.24, 2.45) is 0 Å². The monoisotopic (exact) mass is 368 g/mol. The Balaban J connectivity index is 1.74. The molecule has 98 valence electrons. The lowest BCUT2D eigenvalue weighted by Gasteiger charge is -2.07. The van der Waals surface area contributed by atoms with Crippen LogP contribution < -0.4 is 10.1 Å². The molecule has 0 bridgehead atoms. The molecule has 1 aromatic heterocycles. The summed E-state index contributed by atoms with van der Waals surface area (Å²) < 4.78 is 6.52. The highest BCUT2D eigenvalue weighted by Crippen LogP contribution is 2.13. The average molecular weight is 368 g/mol. The van der Waals surface area contributed by atoms with Gasteiger partial charge in [-0.2, -0.15) is 0 Å². The summed E-state index contributed by atoms with van der Waals surface area (Å²) in [6.07, 6.45) is 3.40. The van der Waals surface area contributed by atoms with Gasteiger partial charge in [0.1, 0.15) is 5.75 Å². The molecule has 19 heavy (non-hydrogen) atoms. The lowest BCUT2D eigenvalue weighted by molar-refractivity contribution is -0.123. The Morgan fingerprint density at radius 3 is 2.53 bits per heavy atom. The van der Waals surface area contributed by atoms with Crippen LogP contribution in [0.2, 0.25) is 0 Å². The summed E-state index contributed by atoms with van der Waals surface area (Å²) in [7, 11) is 0. The number of rotatable bonds is 5. The second kappa shape index (κ2) is 7.08. The molecule has 5 heteroatoms. The molecule has 0 atom stereocenters. The largest absolute Gasteiger partial charge is 0.484 e. The van der Waals surface area contributed by atoms with E-state index in [1.165, 1.54) is 0 Å². The van der Waals surface area contributed by atoms with Gasteiger partial charge in [0, 0.05) is 22.5 Å². The summed E-state index contributed by atoms with van der Waals surface area (Å²) in [6, 6.07) is 11.3. The Bertz CT molecular complexity index is 529. The molecule has 0 saturated carbocycles. The van der Waals surface area contributed by atoms with Crippen LogP contribution in [0.4, 0.5) is 0 Å². The van der Waals surface area contributed by atoms with Crippen molar-refractivity contribution in [3.63, 3.8) is 0 Å². The molecule has 0 saturated heterocycles.